The van der Waals surface area contributed by atoms with Crippen LogP contribution >= 0.6 is 0 Å². The van der Waals surface area contributed by atoms with E-state index in [4.69, 9.17) is 4.98 Å². The Balaban J connectivity index is 1.40. The summed E-state index contributed by atoms with van der Waals surface area (Å²) < 4.78 is 1.71. The van der Waals surface area contributed by atoms with E-state index in [0.29, 0.717) is 36.1 Å². The minimum Gasteiger partial charge on any atom is -0.353 e. The van der Waals surface area contributed by atoms with Crippen LogP contribution in [0.4, 0.5) is 5.82 Å². The number of hydrogen-bond acceptors (Lipinski definition) is 5. The number of piperidine rings is 1. The number of aromatic nitrogens is 3. The molecule has 0 unspecified atom stereocenters. The van der Waals surface area contributed by atoms with Gasteiger partial charge in [0.05, 0.1) is 12.5 Å². The summed E-state index contributed by atoms with van der Waals surface area (Å²) in [4.78, 5) is 37.9. The Kier molecular flexibility index (Phi) is 6.88. The number of fused-ring (bicyclic) bond motifs is 1. The zero-order valence-electron chi connectivity index (χ0n) is 19.7. The van der Waals surface area contributed by atoms with Gasteiger partial charge in [-0.25, -0.2) is 9.97 Å². The third-order valence-electron chi connectivity index (χ3n) is 7.16. The molecule has 1 atom stereocenters. The van der Waals surface area contributed by atoms with Crippen LogP contribution in [-0.2, 0) is 11.3 Å². The lowest BCUT2D eigenvalue weighted by molar-refractivity contribution is -0.126. The molecule has 3 heterocycles. The molecule has 1 saturated heterocycles. The highest BCUT2D eigenvalue weighted by molar-refractivity contribution is 5.80. The topological polar surface area (TPSA) is 80.1 Å². The first-order valence-corrected chi connectivity index (χ1v) is 12.6. The van der Waals surface area contributed by atoms with E-state index >= 15 is 0 Å². The van der Waals surface area contributed by atoms with Crippen LogP contribution < -0.4 is 15.8 Å². The fraction of sp³-hybridized carbons (Fsp3) is 0.481. The number of anilines is 1. The molecule has 0 spiro atoms. The maximum absolute atomic E-state index is 13.6. The van der Waals surface area contributed by atoms with Crippen LogP contribution in [0.5, 0.6) is 0 Å². The van der Waals surface area contributed by atoms with Crippen LogP contribution in [-0.4, -0.2) is 39.6 Å². The molecule has 1 aromatic carbocycles. The summed E-state index contributed by atoms with van der Waals surface area (Å²) in [5.41, 5.74) is 2.16. The van der Waals surface area contributed by atoms with Gasteiger partial charge in [0.15, 0.2) is 11.5 Å². The highest BCUT2D eigenvalue weighted by atomic mass is 16.2. The second kappa shape index (κ2) is 10.4. The van der Waals surface area contributed by atoms with Gasteiger partial charge in [-0.1, -0.05) is 56.0 Å². The van der Waals surface area contributed by atoms with E-state index in [1.54, 1.807) is 10.8 Å². The maximum atomic E-state index is 13.6. The van der Waals surface area contributed by atoms with Crippen molar-refractivity contribution in [3.05, 3.63) is 64.6 Å². The summed E-state index contributed by atoms with van der Waals surface area (Å²) in [7, 11) is 0. The highest BCUT2D eigenvalue weighted by Crippen LogP contribution is 2.23. The predicted octanol–water partition coefficient (Wildman–Crippen LogP) is 3.90. The minimum atomic E-state index is -0.153. The van der Waals surface area contributed by atoms with E-state index < -0.39 is 0 Å². The molecular formula is C27H33N5O2. The smallest absolute Gasteiger partial charge is 0.295 e. The fourth-order valence-electron chi connectivity index (χ4n) is 5.31. The van der Waals surface area contributed by atoms with Crippen molar-refractivity contribution >= 4 is 22.9 Å². The summed E-state index contributed by atoms with van der Waals surface area (Å²) in [6.45, 7) is 1.69. The third-order valence-corrected chi connectivity index (χ3v) is 7.16. The number of nitrogens with zero attached hydrogens (tertiary/aromatic N) is 4. The molecule has 2 fully saturated rings. The quantitative estimate of drug-likeness (QED) is 0.586. The number of rotatable bonds is 5. The number of nitrogens with one attached hydrogen (secondary N) is 1. The van der Waals surface area contributed by atoms with Gasteiger partial charge in [0.25, 0.3) is 5.56 Å². The molecule has 7 nitrogen and oxygen atoms in total. The number of hydrogen-bond donors (Lipinski definition) is 1. The first-order valence-electron chi connectivity index (χ1n) is 12.6. The average molecular weight is 460 g/mol. The Morgan fingerprint density at radius 2 is 1.76 bits per heavy atom. The van der Waals surface area contributed by atoms with Crippen molar-refractivity contribution in [3.63, 3.8) is 0 Å². The minimum absolute atomic E-state index is 0.120. The Labute approximate surface area is 200 Å². The van der Waals surface area contributed by atoms with Gasteiger partial charge in [-0.2, -0.15) is 0 Å². The maximum Gasteiger partial charge on any atom is 0.295 e. The molecule has 1 N–H and O–H groups in total. The highest BCUT2D eigenvalue weighted by Gasteiger charge is 2.30. The van der Waals surface area contributed by atoms with Crippen molar-refractivity contribution in [2.45, 2.75) is 64.0 Å². The van der Waals surface area contributed by atoms with Crippen LogP contribution in [0.15, 0.2) is 53.5 Å². The molecule has 0 radical (unpaired) electrons. The standard InChI is InChI=1S/C27H33N5O2/c33-26(29-22-13-6-1-2-7-14-22)21-12-9-17-31(19-21)25-27(34)32(18-20-10-4-3-5-11-20)24-23(30-25)15-8-16-28-24/h3-5,8,10-11,15-16,21-22H,1-2,6-7,9,12-14,17-19H2,(H,29,33)/t21-/m1/s1. The van der Waals surface area contributed by atoms with Crippen LogP contribution in [0.25, 0.3) is 11.2 Å². The summed E-state index contributed by atoms with van der Waals surface area (Å²) in [6.07, 6.45) is 10.5. The lowest BCUT2D eigenvalue weighted by Crippen LogP contribution is -2.47. The van der Waals surface area contributed by atoms with Gasteiger partial charge in [-0.15, -0.1) is 0 Å². The Morgan fingerprint density at radius 3 is 2.56 bits per heavy atom. The molecule has 0 bridgehead atoms. The lowest BCUT2D eigenvalue weighted by Gasteiger charge is -2.33. The largest absolute Gasteiger partial charge is 0.353 e. The number of benzene rings is 1. The van der Waals surface area contributed by atoms with Gasteiger partial charge < -0.3 is 10.2 Å². The van der Waals surface area contributed by atoms with Crippen LogP contribution in [0.3, 0.4) is 0 Å². The molecule has 3 aromatic rings. The SMILES string of the molecule is O=C(NC1CCCCCC1)[C@@H]1CCCN(c2nc3cccnc3n(Cc3ccccc3)c2=O)C1. The first kappa shape index (κ1) is 22.6. The number of pyridine rings is 1. The molecule has 1 aliphatic carbocycles. The molecule has 2 aromatic heterocycles. The van der Waals surface area contributed by atoms with Gasteiger partial charge in [-0.05, 0) is 43.4 Å². The van der Waals surface area contributed by atoms with E-state index in [0.717, 1.165) is 37.8 Å². The van der Waals surface area contributed by atoms with Crippen molar-refractivity contribution in [2.75, 3.05) is 18.0 Å². The molecular weight excluding hydrogens is 426 g/mol. The van der Waals surface area contributed by atoms with Gasteiger partial charge >= 0.3 is 0 Å². The van der Waals surface area contributed by atoms with Crippen molar-refractivity contribution in [1.29, 1.82) is 0 Å². The van der Waals surface area contributed by atoms with Crippen molar-refractivity contribution in [1.82, 2.24) is 19.9 Å². The van der Waals surface area contributed by atoms with E-state index in [-0.39, 0.29) is 17.4 Å². The fourth-order valence-corrected chi connectivity index (χ4v) is 5.31. The molecule has 178 valence electrons. The van der Waals surface area contributed by atoms with Gasteiger partial charge in [-0.3, -0.25) is 14.2 Å². The average Bonchev–Trinajstić information content (AvgIpc) is 3.15. The molecule has 1 aliphatic heterocycles. The van der Waals surface area contributed by atoms with Crippen LogP contribution in [0.1, 0.15) is 56.9 Å². The zero-order chi connectivity index (χ0) is 23.3. The van der Waals surface area contributed by atoms with Gasteiger partial charge in [0.1, 0.15) is 5.52 Å². The van der Waals surface area contributed by atoms with Crippen LogP contribution in [0.2, 0.25) is 0 Å². The van der Waals surface area contributed by atoms with E-state index in [2.05, 4.69) is 10.3 Å². The lowest BCUT2D eigenvalue weighted by atomic mass is 9.96. The zero-order valence-corrected chi connectivity index (χ0v) is 19.7. The van der Waals surface area contributed by atoms with Gasteiger partial charge in [0, 0.05) is 25.3 Å². The Bertz CT molecular complexity index is 1180. The number of amides is 1. The van der Waals surface area contributed by atoms with Crippen molar-refractivity contribution in [3.8, 4) is 0 Å². The molecule has 7 heteroatoms. The van der Waals surface area contributed by atoms with Gasteiger partial charge in [0.2, 0.25) is 5.91 Å². The predicted molar refractivity (Wildman–Crippen MR) is 134 cm³/mol. The number of carbonyl (C=O) groups is 1. The van der Waals surface area contributed by atoms with Crippen LogP contribution in [0, 0.1) is 5.92 Å². The van der Waals surface area contributed by atoms with E-state index in [9.17, 15) is 9.59 Å². The Hall–Kier alpha value is -3.22. The molecule has 1 saturated carbocycles. The summed E-state index contributed by atoms with van der Waals surface area (Å²) in [6, 6.07) is 14.0. The molecule has 34 heavy (non-hydrogen) atoms. The second-order valence-electron chi connectivity index (χ2n) is 9.64. The monoisotopic (exact) mass is 459 g/mol. The third kappa shape index (κ3) is 4.98. The molecule has 2 aliphatic rings. The summed E-state index contributed by atoms with van der Waals surface area (Å²) in [5, 5.41) is 3.31. The first-order chi connectivity index (χ1) is 16.7. The number of carbonyl (C=O) groups excluding carboxylic acids is 1. The Morgan fingerprint density at radius 1 is 0.971 bits per heavy atom. The molecule has 1 amide bonds. The van der Waals surface area contributed by atoms with E-state index in [1.165, 1.54) is 25.7 Å². The second-order valence-corrected chi connectivity index (χ2v) is 9.64. The summed E-state index contributed by atoms with van der Waals surface area (Å²) >= 11 is 0. The van der Waals surface area contributed by atoms with E-state index in [1.807, 2.05) is 47.4 Å². The van der Waals surface area contributed by atoms with Crippen molar-refractivity contribution < 1.29 is 4.79 Å². The normalized spacial score (nSPS) is 19.6. The molecule has 5 rings (SSSR count). The van der Waals surface area contributed by atoms with Crippen molar-refractivity contribution in [2.24, 2.45) is 5.92 Å². The summed E-state index contributed by atoms with van der Waals surface area (Å²) in [5.74, 6) is 0.428.